The Morgan fingerprint density at radius 2 is 1.47 bits per heavy atom. The topological polar surface area (TPSA) is 77.3 Å². The number of carbonyl (C=O) groups excluding carboxylic acids is 2. The maximum atomic E-state index is 13.3. The Balaban J connectivity index is 1.97. The zero-order valence-electron chi connectivity index (χ0n) is 19.2. The summed E-state index contributed by atoms with van der Waals surface area (Å²) in [4.78, 5) is 28.0. The molecule has 168 valence electrons. The van der Waals surface area contributed by atoms with Gasteiger partial charge in [-0.1, -0.05) is 60.3 Å². The molecule has 0 radical (unpaired) electrons. The summed E-state index contributed by atoms with van der Waals surface area (Å²) in [6.45, 7) is 9.00. The van der Waals surface area contributed by atoms with Crippen molar-refractivity contribution >= 4 is 29.4 Å². The van der Waals surface area contributed by atoms with E-state index in [4.69, 9.17) is 4.74 Å². The lowest BCUT2D eigenvalue weighted by molar-refractivity contribution is -0.119. The van der Waals surface area contributed by atoms with Gasteiger partial charge in [0.1, 0.15) is 5.60 Å². The van der Waals surface area contributed by atoms with Crippen LogP contribution in [0.5, 0.6) is 0 Å². The van der Waals surface area contributed by atoms with E-state index < -0.39 is 16.4 Å². The van der Waals surface area contributed by atoms with Crippen LogP contribution in [0.1, 0.15) is 34.6 Å². The highest BCUT2D eigenvalue weighted by molar-refractivity contribution is 8.01. The van der Waals surface area contributed by atoms with Crippen LogP contribution in [0, 0.1) is 0 Å². The van der Waals surface area contributed by atoms with Crippen molar-refractivity contribution in [1.82, 2.24) is 14.8 Å². The molecule has 0 saturated carbocycles. The highest BCUT2D eigenvalue weighted by Gasteiger charge is 2.36. The van der Waals surface area contributed by atoms with Crippen LogP contribution < -0.4 is 4.90 Å². The second-order valence-corrected chi connectivity index (χ2v) is 10.4. The summed E-state index contributed by atoms with van der Waals surface area (Å²) in [7, 11) is 1.73. The fourth-order valence-corrected chi connectivity index (χ4v) is 4.04. The fraction of sp³-hybridized carbons (Fsp3) is 0.333. The SMILES string of the molecule is CN(C(=O)C(C)(C)Sc1nnc(-c2ccccc2)n1C(=O)OC(C)(C)C)c1ccccc1. The molecular weight excluding hydrogens is 424 g/mol. The summed E-state index contributed by atoms with van der Waals surface area (Å²) in [5.74, 6) is 0.232. The van der Waals surface area contributed by atoms with Crippen molar-refractivity contribution < 1.29 is 14.3 Å². The van der Waals surface area contributed by atoms with Crippen LogP contribution in [-0.4, -0.2) is 44.2 Å². The van der Waals surface area contributed by atoms with E-state index in [0.717, 1.165) is 11.3 Å². The first-order chi connectivity index (χ1) is 15.0. The minimum atomic E-state index is -0.925. The van der Waals surface area contributed by atoms with Gasteiger partial charge in [-0.3, -0.25) is 4.79 Å². The summed E-state index contributed by atoms with van der Waals surface area (Å²) in [5, 5.41) is 8.79. The maximum absolute atomic E-state index is 13.3. The Labute approximate surface area is 192 Å². The van der Waals surface area contributed by atoms with Crippen molar-refractivity contribution in [1.29, 1.82) is 0 Å². The largest absolute Gasteiger partial charge is 0.443 e. The van der Waals surface area contributed by atoms with E-state index in [1.807, 2.05) is 60.7 Å². The number of nitrogens with zero attached hydrogens (tertiary/aromatic N) is 4. The first-order valence-corrected chi connectivity index (χ1v) is 11.1. The molecule has 0 fully saturated rings. The number of thioether (sulfide) groups is 1. The summed E-state index contributed by atoms with van der Waals surface area (Å²) < 4.78 is 6.02. The molecule has 0 N–H and O–H groups in total. The Morgan fingerprint density at radius 3 is 2.03 bits per heavy atom. The number of hydrogen-bond donors (Lipinski definition) is 0. The third-order valence-electron chi connectivity index (χ3n) is 4.55. The van der Waals surface area contributed by atoms with E-state index in [1.165, 1.54) is 16.3 Å². The molecule has 3 rings (SSSR count). The molecule has 1 amide bonds. The molecular formula is C24H28N4O3S. The van der Waals surface area contributed by atoms with Gasteiger partial charge in [-0.25, -0.2) is 9.36 Å². The maximum Gasteiger partial charge on any atom is 0.422 e. The number of carbonyl (C=O) groups is 2. The van der Waals surface area contributed by atoms with E-state index in [1.54, 1.807) is 46.6 Å². The van der Waals surface area contributed by atoms with Crippen LogP contribution in [0.2, 0.25) is 0 Å². The summed E-state index contributed by atoms with van der Waals surface area (Å²) >= 11 is 1.17. The lowest BCUT2D eigenvalue weighted by atomic mass is 10.1. The van der Waals surface area contributed by atoms with Crippen molar-refractivity contribution in [3.05, 3.63) is 60.7 Å². The monoisotopic (exact) mass is 452 g/mol. The molecule has 0 aliphatic carbocycles. The smallest absolute Gasteiger partial charge is 0.422 e. The molecule has 32 heavy (non-hydrogen) atoms. The Hall–Kier alpha value is -3.13. The average Bonchev–Trinajstić information content (AvgIpc) is 3.15. The van der Waals surface area contributed by atoms with Gasteiger partial charge in [0, 0.05) is 18.3 Å². The molecule has 2 aromatic carbocycles. The average molecular weight is 453 g/mol. The number of amides is 1. The van der Waals surface area contributed by atoms with E-state index in [9.17, 15) is 9.59 Å². The highest BCUT2D eigenvalue weighted by atomic mass is 32.2. The van der Waals surface area contributed by atoms with E-state index in [-0.39, 0.29) is 11.1 Å². The molecule has 1 aromatic heterocycles. The summed E-state index contributed by atoms with van der Waals surface area (Å²) in [6.07, 6.45) is -0.594. The number of aromatic nitrogens is 3. The van der Waals surface area contributed by atoms with Gasteiger partial charge >= 0.3 is 6.09 Å². The molecule has 0 unspecified atom stereocenters. The van der Waals surface area contributed by atoms with Crippen LogP contribution in [-0.2, 0) is 9.53 Å². The van der Waals surface area contributed by atoms with Crippen LogP contribution in [0.15, 0.2) is 65.8 Å². The van der Waals surface area contributed by atoms with Gasteiger partial charge in [0.15, 0.2) is 5.82 Å². The molecule has 0 atom stereocenters. The van der Waals surface area contributed by atoms with Gasteiger partial charge in [-0.05, 0) is 46.8 Å². The molecule has 7 nitrogen and oxygen atoms in total. The number of hydrogen-bond acceptors (Lipinski definition) is 6. The van der Waals surface area contributed by atoms with Gasteiger partial charge in [-0.2, -0.15) is 0 Å². The number of anilines is 1. The van der Waals surface area contributed by atoms with Gasteiger partial charge in [0.25, 0.3) is 0 Å². The van der Waals surface area contributed by atoms with Crippen molar-refractivity contribution in [3.63, 3.8) is 0 Å². The minimum Gasteiger partial charge on any atom is -0.443 e. The molecule has 1 heterocycles. The third-order valence-corrected chi connectivity index (χ3v) is 5.68. The fourth-order valence-electron chi connectivity index (χ4n) is 3.03. The van der Waals surface area contributed by atoms with Gasteiger partial charge in [-0.15, -0.1) is 10.2 Å². The van der Waals surface area contributed by atoms with Gasteiger partial charge in [0.05, 0.1) is 4.75 Å². The van der Waals surface area contributed by atoms with E-state index >= 15 is 0 Å². The predicted octanol–water partition coefficient (Wildman–Crippen LogP) is 5.26. The molecule has 0 aliphatic heterocycles. The second-order valence-electron chi connectivity index (χ2n) is 8.80. The lowest BCUT2D eigenvalue weighted by Gasteiger charge is -2.28. The molecule has 0 bridgehead atoms. The number of ether oxygens (including phenoxy) is 1. The lowest BCUT2D eigenvalue weighted by Crippen LogP contribution is -2.41. The zero-order valence-corrected chi connectivity index (χ0v) is 20.0. The molecule has 0 aliphatic rings. The number of para-hydroxylation sites is 1. The Bertz CT molecular complexity index is 1090. The van der Waals surface area contributed by atoms with Crippen molar-refractivity contribution in [2.45, 2.75) is 50.1 Å². The highest BCUT2D eigenvalue weighted by Crippen LogP contribution is 2.36. The standard InChI is InChI=1S/C24H28N4O3S/c1-23(2,3)31-22(30)28-19(17-13-9-7-10-14-17)25-26-21(28)32-24(4,5)20(29)27(6)18-15-11-8-12-16-18/h7-16H,1-6H3. The molecule has 8 heteroatoms. The van der Waals surface area contributed by atoms with E-state index in [0.29, 0.717) is 5.82 Å². The molecule has 0 saturated heterocycles. The minimum absolute atomic E-state index is 0.131. The van der Waals surface area contributed by atoms with Crippen LogP contribution in [0.3, 0.4) is 0 Å². The second kappa shape index (κ2) is 9.16. The van der Waals surface area contributed by atoms with Crippen LogP contribution in [0.25, 0.3) is 11.4 Å². The number of rotatable bonds is 5. The first kappa shape index (κ1) is 23.5. The van der Waals surface area contributed by atoms with Crippen LogP contribution in [0.4, 0.5) is 10.5 Å². The van der Waals surface area contributed by atoms with Gasteiger partial charge < -0.3 is 9.64 Å². The molecule has 3 aromatic rings. The zero-order chi connectivity index (χ0) is 23.5. The normalized spacial score (nSPS) is 11.8. The van der Waals surface area contributed by atoms with Crippen LogP contribution >= 0.6 is 11.8 Å². The Morgan fingerprint density at radius 1 is 0.906 bits per heavy atom. The quantitative estimate of drug-likeness (QED) is 0.491. The van der Waals surface area contributed by atoms with Gasteiger partial charge in [0.2, 0.25) is 11.1 Å². The number of benzene rings is 2. The predicted molar refractivity (Wildman–Crippen MR) is 127 cm³/mol. The van der Waals surface area contributed by atoms with Crippen molar-refractivity contribution in [2.24, 2.45) is 0 Å². The third kappa shape index (κ3) is 5.37. The Kier molecular flexibility index (Phi) is 6.74. The first-order valence-electron chi connectivity index (χ1n) is 10.3. The van der Waals surface area contributed by atoms with E-state index in [2.05, 4.69) is 10.2 Å². The van der Waals surface area contributed by atoms with Crippen molar-refractivity contribution in [3.8, 4) is 11.4 Å². The molecule has 0 spiro atoms. The van der Waals surface area contributed by atoms with Crippen molar-refractivity contribution in [2.75, 3.05) is 11.9 Å². The summed E-state index contributed by atoms with van der Waals surface area (Å²) in [6, 6.07) is 18.7. The summed E-state index contributed by atoms with van der Waals surface area (Å²) in [5.41, 5.74) is 0.809.